The molecule has 2 aliphatic rings. The Morgan fingerprint density at radius 1 is 1.14 bits per heavy atom. The van der Waals surface area contributed by atoms with Gasteiger partial charge in [-0.2, -0.15) is 5.26 Å². The largest absolute Gasteiger partial charge is 0.466 e. The predicted octanol–water partition coefficient (Wildman–Crippen LogP) is 4.31. The summed E-state index contributed by atoms with van der Waals surface area (Å²) in [4.78, 5) is 26.2. The molecule has 0 radical (unpaired) electrons. The first-order valence-corrected chi connectivity index (χ1v) is 10.5. The lowest BCUT2D eigenvalue weighted by Crippen LogP contribution is -2.44. The van der Waals surface area contributed by atoms with Crippen molar-refractivity contribution in [1.82, 2.24) is 4.90 Å². The summed E-state index contributed by atoms with van der Waals surface area (Å²) in [6.45, 7) is 3.93. The minimum Gasteiger partial charge on any atom is -0.466 e. The Kier molecular flexibility index (Phi) is 6.72. The van der Waals surface area contributed by atoms with E-state index in [0.717, 1.165) is 32.4 Å². The predicted molar refractivity (Wildman–Crippen MR) is 107 cm³/mol. The summed E-state index contributed by atoms with van der Waals surface area (Å²) in [7, 11) is 0. The van der Waals surface area contributed by atoms with Crippen LogP contribution in [-0.2, 0) is 9.53 Å². The molecule has 2 fully saturated rings. The molecule has 1 aliphatic heterocycles. The summed E-state index contributed by atoms with van der Waals surface area (Å²) in [5.74, 6) is 0.633. The van der Waals surface area contributed by atoms with Crippen molar-refractivity contribution in [2.75, 3.05) is 19.7 Å². The second kappa shape index (κ2) is 9.23. The lowest BCUT2D eigenvalue weighted by Gasteiger charge is -2.46. The fourth-order valence-corrected chi connectivity index (χ4v) is 4.69. The number of hydrogen-bond acceptors (Lipinski definition) is 4. The van der Waals surface area contributed by atoms with Gasteiger partial charge in [0.05, 0.1) is 18.2 Å². The van der Waals surface area contributed by atoms with Crippen LogP contribution in [0.2, 0.25) is 0 Å². The summed E-state index contributed by atoms with van der Waals surface area (Å²) in [6, 6.07) is 9.00. The molecular formula is C23H30N2O3. The number of nitrogens with zero attached hydrogens (tertiary/aromatic N) is 2. The van der Waals surface area contributed by atoms with Gasteiger partial charge < -0.3 is 9.64 Å². The van der Waals surface area contributed by atoms with Crippen LogP contribution in [0.1, 0.15) is 74.2 Å². The number of benzene rings is 1. The normalized spacial score (nSPS) is 19.2. The van der Waals surface area contributed by atoms with Crippen molar-refractivity contribution in [3.8, 4) is 6.07 Å². The van der Waals surface area contributed by atoms with E-state index in [4.69, 9.17) is 10.00 Å². The molecule has 1 aromatic rings. The first-order valence-electron chi connectivity index (χ1n) is 10.5. The minimum absolute atomic E-state index is 0.0717. The Balaban J connectivity index is 1.45. The molecule has 1 heterocycles. The third-order valence-corrected chi connectivity index (χ3v) is 6.60. The van der Waals surface area contributed by atoms with E-state index < -0.39 is 0 Å². The minimum atomic E-state index is -0.0718. The van der Waals surface area contributed by atoms with E-state index in [2.05, 4.69) is 6.07 Å². The highest BCUT2D eigenvalue weighted by Crippen LogP contribution is 2.47. The Hall–Kier alpha value is -2.35. The van der Waals surface area contributed by atoms with Crippen LogP contribution < -0.4 is 0 Å². The van der Waals surface area contributed by atoms with Crippen LogP contribution in [0.3, 0.4) is 0 Å². The maximum Gasteiger partial charge on any atom is 0.305 e. The Morgan fingerprint density at radius 2 is 1.79 bits per heavy atom. The second-order valence-electron chi connectivity index (χ2n) is 8.27. The Labute approximate surface area is 167 Å². The highest BCUT2D eigenvalue weighted by Gasteiger charge is 2.39. The third kappa shape index (κ3) is 4.92. The molecule has 0 atom stereocenters. The van der Waals surface area contributed by atoms with Gasteiger partial charge in [-0.1, -0.05) is 0 Å². The third-order valence-electron chi connectivity index (χ3n) is 6.60. The van der Waals surface area contributed by atoms with E-state index in [1.807, 2.05) is 11.8 Å². The van der Waals surface area contributed by atoms with Crippen molar-refractivity contribution in [3.05, 3.63) is 35.4 Å². The number of nitriles is 1. The summed E-state index contributed by atoms with van der Waals surface area (Å²) >= 11 is 0. The molecule has 1 spiro atoms. The zero-order valence-corrected chi connectivity index (χ0v) is 16.8. The topological polar surface area (TPSA) is 70.4 Å². The van der Waals surface area contributed by atoms with Gasteiger partial charge in [-0.05, 0) is 87.5 Å². The number of hydrogen-bond donors (Lipinski definition) is 0. The average molecular weight is 383 g/mol. The molecule has 1 aliphatic carbocycles. The summed E-state index contributed by atoms with van der Waals surface area (Å²) in [6.07, 6.45) is 8.40. The molecule has 3 rings (SSSR count). The van der Waals surface area contributed by atoms with Gasteiger partial charge in [0, 0.05) is 25.1 Å². The van der Waals surface area contributed by atoms with Crippen molar-refractivity contribution in [2.24, 2.45) is 11.3 Å². The van der Waals surface area contributed by atoms with Crippen LogP contribution in [0.5, 0.6) is 0 Å². The molecule has 1 saturated carbocycles. The smallest absolute Gasteiger partial charge is 0.305 e. The maximum atomic E-state index is 12.7. The molecule has 0 aromatic heterocycles. The Morgan fingerprint density at radius 3 is 2.36 bits per heavy atom. The number of ether oxygens (including phenoxy) is 1. The van der Waals surface area contributed by atoms with Crippen LogP contribution in [0, 0.1) is 22.7 Å². The molecule has 1 amide bonds. The van der Waals surface area contributed by atoms with Gasteiger partial charge in [0.25, 0.3) is 5.91 Å². The lowest BCUT2D eigenvalue weighted by molar-refractivity contribution is -0.143. The lowest BCUT2D eigenvalue weighted by atomic mass is 9.65. The van der Waals surface area contributed by atoms with E-state index >= 15 is 0 Å². The van der Waals surface area contributed by atoms with E-state index in [9.17, 15) is 9.59 Å². The first-order chi connectivity index (χ1) is 13.5. The number of rotatable bonds is 5. The van der Waals surface area contributed by atoms with Crippen LogP contribution >= 0.6 is 0 Å². The maximum absolute atomic E-state index is 12.7. The summed E-state index contributed by atoms with van der Waals surface area (Å²) in [5.41, 5.74) is 1.62. The molecule has 0 bridgehead atoms. The quantitative estimate of drug-likeness (QED) is 0.711. The number of carbonyl (C=O) groups excluding carboxylic acids is 2. The number of amides is 1. The SMILES string of the molecule is CCOC(=O)CCC1CCC2(CC1)CCN(C(=O)c1ccc(C#N)cc1)CC2. The molecule has 1 saturated heterocycles. The number of carbonyl (C=O) groups is 2. The van der Waals surface area contributed by atoms with Gasteiger partial charge in [0.1, 0.15) is 0 Å². The summed E-state index contributed by atoms with van der Waals surface area (Å²) < 4.78 is 5.03. The van der Waals surface area contributed by atoms with Crippen molar-refractivity contribution in [1.29, 1.82) is 5.26 Å². The van der Waals surface area contributed by atoms with Crippen LogP contribution in [-0.4, -0.2) is 36.5 Å². The molecule has 28 heavy (non-hydrogen) atoms. The molecule has 5 heteroatoms. The van der Waals surface area contributed by atoms with Gasteiger partial charge in [-0.25, -0.2) is 0 Å². The summed E-state index contributed by atoms with van der Waals surface area (Å²) in [5, 5.41) is 8.89. The first kappa shape index (κ1) is 20.4. The van der Waals surface area contributed by atoms with Crippen LogP contribution in [0.4, 0.5) is 0 Å². The number of likely N-dealkylation sites (tertiary alicyclic amines) is 1. The van der Waals surface area contributed by atoms with Crippen LogP contribution in [0.15, 0.2) is 24.3 Å². The monoisotopic (exact) mass is 382 g/mol. The Bertz CT molecular complexity index is 717. The van der Waals surface area contributed by atoms with Gasteiger partial charge in [-0.3, -0.25) is 9.59 Å². The standard InChI is InChI=1S/C23H30N2O3/c1-2-28-21(26)8-5-18-9-11-23(12-10-18)13-15-25(16-14-23)22(27)20-6-3-19(17-24)4-7-20/h3-4,6-7,18H,2,5,8-16H2,1H3. The van der Waals surface area contributed by atoms with E-state index in [-0.39, 0.29) is 11.9 Å². The van der Waals surface area contributed by atoms with Gasteiger partial charge in [0.2, 0.25) is 0 Å². The van der Waals surface area contributed by atoms with Gasteiger partial charge in [-0.15, -0.1) is 0 Å². The van der Waals surface area contributed by atoms with Crippen molar-refractivity contribution in [3.63, 3.8) is 0 Å². The van der Waals surface area contributed by atoms with Crippen molar-refractivity contribution in [2.45, 2.75) is 58.3 Å². The van der Waals surface area contributed by atoms with Crippen molar-refractivity contribution < 1.29 is 14.3 Å². The van der Waals surface area contributed by atoms with Gasteiger partial charge in [0.15, 0.2) is 0 Å². The highest BCUT2D eigenvalue weighted by atomic mass is 16.5. The van der Waals surface area contributed by atoms with Gasteiger partial charge >= 0.3 is 5.97 Å². The number of esters is 1. The average Bonchev–Trinajstić information content (AvgIpc) is 2.74. The van der Waals surface area contributed by atoms with E-state index in [1.54, 1.807) is 24.3 Å². The highest BCUT2D eigenvalue weighted by molar-refractivity contribution is 5.94. The molecule has 0 N–H and O–H groups in total. The molecule has 5 nitrogen and oxygen atoms in total. The van der Waals surface area contributed by atoms with Crippen LogP contribution in [0.25, 0.3) is 0 Å². The number of piperidine rings is 1. The molecule has 150 valence electrons. The molecule has 0 unspecified atom stereocenters. The zero-order chi connectivity index (χ0) is 20.0. The zero-order valence-electron chi connectivity index (χ0n) is 16.8. The fourth-order valence-electron chi connectivity index (χ4n) is 4.69. The fraction of sp³-hybridized carbons (Fsp3) is 0.609. The molecule has 1 aromatic carbocycles. The van der Waals surface area contributed by atoms with Crippen molar-refractivity contribution >= 4 is 11.9 Å². The molecular weight excluding hydrogens is 352 g/mol. The second-order valence-corrected chi connectivity index (χ2v) is 8.27. The van der Waals surface area contributed by atoms with E-state index in [1.165, 1.54) is 25.7 Å². The van der Waals surface area contributed by atoms with E-state index in [0.29, 0.717) is 35.5 Å².